The molecule has 284 valence electrons. The number of aryl methyl sites for hydroxylation is 1. The number of hydrogen-bond donors (Lipinski definition) is 2. The number of aromatic hydroxyl groups is 1. The lowest BCUT2D eigenvalue weighted by molar-refractivity contribution is -0.345. The fraction of sp³-hybridized carbons (Fsp3) is 0.513. The van der Waals surface area contributed by atoms with E-state index in [0.717, 1.165) is 12.8 Å². The molecule has 2 aromatic carbocycles. The van der Waals surface area contributed by atoms with Crippen LogP contribution in [0.2, 0.25) is 0 Å². The molecule has 0 atom stereocenters. The number of aromatic nitrogens is 3. The molecule has 0 spiro atoms. The number of rotatable bonds is 10. The number of piperidine rings is 1. The van der Waals surface area contributed by atoms with Gasteiger partial charge in [0.25, 0.3) is 0 Å². The van der Waals surface area contributed by atoms with Crippen molar-refractivity contribution in [3.05, 3.63) is 47.2 Å². The molecule has 3 aliphatic rings. The van der Waals surface area contributed by atoms with Crippen molar-refractivity contribution in [2.24, 2.45) is 5.41 Å². The van der Waals surface area contributed by atoms with Crippen LogP contribution in [0.5, 0.6) is 11.8 Å². The molecule has 4 aromatic rings. The maximum absolute atomic E-state index is 17.1. The van der Waals surface area contributed by atoms with Gasteiger partial charge in [0.1, 0.15) is 28.6 Å². The van der Waals surface area contributed by atoms with Gasteiger partial charge in [0, 0.05) is 62.2 Å². The molecule has 53 heavy (non-hydrogen) atoms. The number of alkyl halides is 3. The van der Waals surface area contributed by atoms with E-state index in [1.165, 1.54) is 24.3 Å². The predicted octanol–water partition coefficient (Wildman–Crippen LogP) is 7.36. The van der Waals surface area contributed by atoms with Gasteiger partial charge in [-0.2, -0.15) is 9.97 Å². The second-order valence-electron chi connectivity index (χ2n) is 13.7. The van der Waals surface area contributed by atoms with E-state index in [4.69, 9.17) is 21.1 Å². The van der Waals surface area contributed by atoms with Crippen LogP contribution in [-0.2, 0) is 11.2 Å². The van der Waals surface area contributed by atoms with Crippen molar-refractivity contribution in [3.63, 3.8) is 0 Å². The van der Waals surface area contributed by atoms with E-state index in [0.29, 0.717) is 80.9 Å². The first kappa shape index (κ1) is 38.4. The number of piperazine rings is 1. The number of halogens is 5. The summed E-state index contributed by atoms with van der Waals surface area (Å²) >= 11 is 0. The molecule has 2 N–H and O–H groups in total. The summed E-state index contributed by atoms with van der Waals surface area (Å²) in [7, 11) is 0. The number of terminal acetylenes is 1. The predicted molar refractivity (Wildman–Crippen MR) is 194 cm³/mol. The highest BCUT2D eigenvalue weighted by molar-refractivity contribution is 6.03. The van der Waals surface area contributed by atoms with Crippen LogP contribution in [0, 0.1) is 29.4 Å². The Morgan fingerprint density at radius 2 is 1.74 bits per heavy atom. The molecular weight excluding hydrogens is 695 g/mol. The monoisotopic (exact) mass is 740 g/mol. The normalized spacial score (nSPS) is 17.8. The summed E-state index contributed by atoms with van der Waals surface area (Å²) in [6.45, 7) is 10.5. The van der Waals surface area contributed by atoms with Gasteiger partial charge in [0.05, 0.1) is 29.4 Å². The van der Waals surface area contributed by atoms with E-state index >= 15 is 4.39 Å². The Morgan fingerprint density at radius 3 is 2.38 bits per heavy atom. The molecule has 1 saturated carbocycles. The number of nitrogens with zero attached hydrogens (tertiary/aromatic N) is 5. The Kier molecular flexibility index (Phi) is 11.6. The summed E-state index contributed by atoms with van der Waals surface area (Å²) in [6.07, 6.45) is 3.70. The third-order valence-corrected chi connectivity index (χ3v) is 10.0. The highest BCUT2D eigenvalue weighted by Gasteiger charge is 2.46. The molecule has 0 unspecified atom stereocenters. The SMILES string of the molecule is C#Cc1c(F)ccc2cc(O)cc(-c3nc(CCC)c4c(N5CCNCC5)nc(OCC5(CN6CCC(OC(F)(F)F)CC6)CC5)nc4c3F)c12.CC. The van der Waals surface area contributed by atoms with E-state index in [9.17, 15) is 22.7 Å². The third-order valence-electron chi connectivity index (χ3n) is 10.0. The van der Waals surface area contributed by atoms with Crippen molar-refractivity contribution in [2.45, 2.75) is 71.8 Å². The van der Waals surface area contributed by atoms with Crippen LogP contribution in [0.15, 0.2) is 24.3 Å². The molecule has 0 radical (unpaired) electrons. The molecule has 2 aromatic heterocycles. The topological polar surface area (TPSA) is 95.9 Å². The van der Waals surface area contributed by atoms with Crippen LogP contribution in [-0.4, -0.2) is 89.8 Å². The molecule has 4 heterocycles. The average molecular weight is 741 g/mol. The highest BCUT2D eigenvalue weighted by atomic mass is 19.4. The van der Waals surface area contributed by atoms with E-state index in [1.807, 2.05) is 20.8 Å². The van der Waals surface area contributed by atoms with Gasteiger partial charge in [-0.15, -0.1) is 19.6 Å². The highest BCUT2D eigenvalue weighted by Crippen LogP contribution is 2.47. The quantitative estimate of drug-likeness (QED) is 0.128. The van der Waals surface area contributed by atoms with Crippen molar-refractivity contribution in [2.75, 3.05) is 57.3 Å². The molecule has 0 amide bonds. The van der Waals surface area contributed by atoms with Gasteiger partial charge >= 0.3 is 12.4 Å². The largest absolute Gasteiger partial charge is 0.522 e. The van der Waals surface area contributed by atoms with E-state index in [2.05, 4.69) is 30.8 Å². The zero-order chi connectivity index (χ0) is 37.9. The third kappa shape index (κ3) is 8.42. The minimum atomic E-state index is -4.64. The van der Waals surface area contributed by atoms with Crippen molar-refractivity contribution < 1.29 is 36.5 Å². The maximum atomic E-state index is 17.1. The van der Waals surface area contributed by atoms with E-state index < -0.39 is 24.1 Å². The summed E-state index contributed by atoms with van der Waals surface area (Å²) < 4.78 is 80.7. The number of likely N-dealkylation sites (tertiary alicyclic amines) is 1. The summed E-state index contributed by atoms with van der Waals surface area (Å²) in [6, 6.07) is 5.45. The van der Waals surface area contributed by atoms with E-state index in [1.54, 1.807) is 0 Å². The molecule has 2 aliphatic heterocycles. The van der Waals surface area contributed by atoms with Crippen LogP contribution in [0.4, 0.5) is 27.8 Å². The summed E-state index contributed by atoms with van der Waals surface area (Å²) in [5.41, 5.74) is 0.267. The second kappa shape index (κ2) is 16.0. The van der Waals surface area contributed by atoms with Gasteiger partial charge < -0.3 is 25.0 Å². The number of fused-ring (bicyclic) bond motifs is 2. The van der Waals surface area contributed by atoms with Crippen LogP contribution in [0.1, 0.15) is 64.1 Å². The summed E-state index contributed by atoms with van der Waals surface area (Å²) in [4.78, 5) is 18.5. The fourth-order valence-electron chi connectivity index (χ4n) is 7.32. The molecule has 0 bridgehead atoms. The zero-order valence-electron chi connectivity index (χ0n) is 30.3. The van der Waals surface area contributed by atoms with Crippen molar-refractivity contribution in [1.82, 2.24) is 25.2 Å². The number of hydrogen-bond acceptors (Lipinski definition) is 9. The molecule has 9 nitrogen and oxygen atoms in total. The van der Waals surface area contributed by atoms with Crippen LogP contribution in [0.25, 0.3) is 32.9 Å². The first-order valence-corrected chi connectivity index (χ1v) is 18.4. The first-order valence-electron chi connectivity index (χ1n) is 18.4. The second-order valence-corrected chi connectivity index (χ2v) is 13.7. The van der Waals surface area contributed by atoms with Gasteiger partial charge in [-0.05, 0) is 55.7 Å². The Balaban J connectivity index is 0.00000236. The van der Waals surface area contributed by atoms with Gasteiger partial charge in [-0.1, -0.05) is 39.2 Å². The summed E-state index contributed by atoms with van der Waals surface area (Å²) in [5.74, 6) is 1.29. The summed E-state index contributed by atoms with van der Waals surface area (Å²) in [5, 5.41) is 15.1. The van der Waals surface area contributed by atoms with Crippen molar-refractivity contribution >= 4 is 27.5 Å². The number of pyridine rings is 1. The number of ether oxygens (including phenoxy) is 2. The fourth-order valence-corrected chi connectivity index (χ4v) is 7.32. The number of phenolic OH excluding ortho intramolecular Hbond substituents is 1. The lowest BCUT2D eigenvalue weighted by Crippen LogP contribution is -2.44. The van der Waals surface area contributed by atoms with Gasteiger partial charge in [0.15, 0.2) is 5.82 Å². The molecule has 14 heteroatoms. The van der Waals surface area contributed by atoms with Gasteiger partial charge in [-0.25, -0.2) is 13.8 Å². The molecule has 3 fully saturated rings. The molecule has 2 saturated heterocycles. The minimum absolute atomic E-state index is 0.00535. The lowest BCUT2D eigenvalue weighted by Gasteiger charge is -2.34. The average Bonchev–Trinajstić information content (AvgIpc) is 3.92. The Bertz CT molecular complexity index is 1980. The lowest BCUT2D eigenvalue weighted by atomic mass is 9.95. The van der Waals surface area contributed by atoms with E-state index in [-0.39, 0.29) is 64.3 Å². The Labute approximate surface area is 305 Å². The Morgan fingerprint density at radius 1 is 1.02 bits per heavy atom. The van der Waals surface area contributed by atoms with Crippen LogP contribution < -0.4 is 15.0 Å². The smallest absolute Gasteiger partial charge is 0.508 e. The van der Waals surface area contributed by atoms with Crippen LogP contribution in [0.3, 0.4) is 0 Å². The molecule has 1 aliphatic carbocycles. The number of phenols is 1. The number of anilines is 1. The van der Waals surface area contributed by atoms with Crippen molar-refractivity contribution in [1.29, 1.82) is 0 Å². The maximum Gasteiger partial charge on any atom is 0.522 e. The first-order chi connectivity index (χ1) is 25.5. The molecule has 7 rings (SSSR count). The molecular formula is C39H45F5N6O3. The number of benzene rings is 2. The van der Waals surface area contributed by atoms with Gasteiger partial charge in [-0.3, -0.25) is 4.74 Å². The van der Waals surface area contributed by atoms with Crippen LogP contribution >= 0.6 is 0 Å². The Hall–Kier alpha value is -4.32. The van der Waals surface area contributed by atoms with Gasteiger partial charge in [0.2, 0.25) is 0 Å². The zero-order valence-corrected chi connectivity index (χ0v) is 30.3. The standard InChI is InChI=1S/C37H39F5N6O3.C2H6/c1-3-5-28-30-33(31(39)32(44-28)26-19-23(49)18-22-6-7-27(38)25(4-2)29(22)26)45-35(46-34(30)48-16-12-43-13-17-48)50-21-36(10-11-36)20-47-14-8-24(9-15-47)51-37(40,41)42;1-2/h2,6-7,18-19,24,43,49H,3,5,8-17,20-21H2,1H3;1-2H3. The minimum Gasteiger partial charge on any atom is -0.508 e. The number of nitrogens with one attached hydrogen (secondary N) is 1. The van der Waals surface area contributed by atoms with Crippen molar-refractivity contribution in [3.8, 4) is 35.4 Å².